The van der Waals surface area contributed by atoms with Crippen LogP contribution in [0.2, 0.25) is 0 Å². The molecule has 28 heavy (non-hydrogen) atoms. The van der Waals surface area contributed by atoms with Gasteiger partial charge in [0.2, 0.25) is 17.7 Å². The minimum absolute atomic E-state index is 0.118. The first-order valence-corrected chi connectivity index (χ1v) is 9.38. The molecule has 1 heterocycles. The predicted octanol–water partition coefficient (Wildman–Crippen LogP) is 1.43. The zero-order valence-electron chi connectivity index (χ0n) is 16.5. The van der Waals surface area contributed by atoms with Crippen molar-refractivity contribution >= 4 is 28.6 Å². The summed E-state index contributed by atoms with van der Waals surface area (Å²) >= 11 is 0. The molecule has 2 aromatic rings. The summed E-state index contributed by atoms with van der Waals surface area (Å²) in [7, 11) is 1.52. The Balaban J connectivity index is 2.25. The largest absolute Gasteiger partial charge is 0.358 e. The second kappa shape index (κ2) is 9.89. The molecule has 0 unspecified atom stereocenters. The number of H-pyrrole nitrogens is 1. The van der Waals surface area contributed by atoms with Crippen LogP contribution in [-0.2, 0) is 27.2 Å². The second-order valence-corrected chi connectivity index (χ2v) is 7.20. The summed E-state index contributed by atoms with van der Waals surface area (Å²) < 4.78 is 0. The van der Waals surface area contributed by atoms with E-state index in [-0.39, 0.29) is 18.7 Å². The van der Waals surface area contributed by atoms with Crippen molar-refractivity contribution < 1.29 is 19.6 Å². The Morgan fingerprint density at radius 1 is 1.07 bits per heavy atom. The van der Waals surface area contributed by atoms with Crippen molar-refractivity contribution in [2.24, 2.45) is 5.92 Å². The fraction of sp³-hybridized carbons (Fsp3) is 0.450. The minimum atomic E-state index is -0.764. The van der Waals surface area contributed by atoms with Crippen molar-refractivity contribution in [1.82, 2.24) is 21.1 Å². The van der Waals surface area contributed by atoms with Crippen LogP contribution in [0.15, 0.2) is 24.3 Å². The van der Waals surface area contributed by atoms with Crippen molar-refractivity contribution in [2.75, 3.05) is 7.05 Å². The van der Waals surface area contributed by atoms with E-state index in [1.54, 1.807) is 0 Å². The minimum Gasteiger partial charge on any atom is -0.358 e. The first kappa shape index (κ1) is 21.4. The van der Waals surface area contributed by atoms with E-state index in [0.717, 1.165) is 28.6 Å². The number of hydrogen-bond acceptors (Lipinski definition) is 4. The summed E-state index contributed by atoms with van der Waals surface area (Å²) in [6.07, 6.45) is 0.889. The summed E-state index contributed by atoms with van der Waals surface area (Å²) in [5.74, 6) is -0.956. The highest BCUT2D eigenvalue weighted by Gasteiger charge is 2.24. The Bertz CT molecular complexity index is 844. The van der Waals surface area contributed by atoms with Gasteiger partial charge in [-0.25, -0.2) is 5.48 Å². The normalized spacial score (nSPS) is 12.0. The molecule has 152 valence electrons. The van der Waals surface area contributed by atoms with E-state index < -0.39 is 17.9 Å². The van der Waals surface area contributed by atoms with Crippen LogP contribution in [0, 0.1) is 5.92 Å². The Hall–Kier alpha value is -2.87. The quantitative estimate of drug-likeness (QED) is 0.329. The van der Waals surface area contributed by atoms with Crippen molar-refractivity contribution in [2.45, 2.75) is 45.6 Å². The number of benzene rings is 1. The molecule has 1 aromatic heterocycles. The van der Waals surface area contributed by atoms with Gasteiger partial charge in [-0.05, 0) is 24.0 Å². The zero-order chi connectivity index (χ0) is 20.7. The summed E-state index contributed by atoms with van der Waals surface area (Å²) in [6.45, 7) is 4.25. The number of hydroxylamine groups is 1. The molecule has 0 radical (unpaired) electrons. The van der Waals surface area contributed by atoms with E-state index >= 15 is 0 Å². The first-order valence-electron chi connectivity index (χ1n) is 9.38. The maximum Gasteiger partial charge on any atom is 0.243 e. The molecule has 0 saturated carbocycles. The number of fused-ring (bicyclic) bond motifs is 1. The first-order chi connectivity index (χ1) is 13.3. The van der Waals surface area contributed by atoms with Gasteiger partial charge in [-0.2, -0.15) is 0 Å². The molecule has 0 saturated heterocycles. The molecule has 1 aromatic carbocycles. The zero-order valence-corrected chi connectivity index (χ0v) is 16.5. The van der Waals surface area contributed by atoms with Gasteiger partial charge in [0.05, 0.1) is 0 Å². The van der Waals surface area contributed by atoms with Gasteiger partial charge in [0.15, 0.2) is 0 Å². The Morgan fingerprint density at radius 2 is 1.75 bits per heavy atom. The third kappa shape index (κ3) is 5.56. The van der Waals surface area contributed by atoms with Gasteiger partial charge in [0.25, 0.3) is 0 Å². The van der Waals surface area contributed by atoms with Crippen LogP contribution < -0.4 is 16.1 Å². The molecule has 0 aliphatic carbocycles. The molecule has 0 bridgehead atoms. The van der Waals surface area contributed by atoms with Gasteiger partial charge < -0.3 is 15.6 Å². The second-order valence-electron chi connectivity index (χ2n) is 7.20. The smallest absolute Gasteiger partial charge is 0.243 e. The lowest BCUT2D eigenvalue weighted by Crippen LogP contribution is -2.47. The molecule has 0 aliphatic heterocycles. The SMILES string of the molecule is CNC(=O)[C@H](Cc1c(CC(C)C)[nH]c2ccccc12)NC(=O)CCC(=O)NO. The lowest BCUT2D eigenvalue weighted by atomic mass is 9.97. The van der Waals surface area contributed by atoms with Crippen LogP contribution in [-0.4, -0.2) is 41.0 Å². The summed E-state index contributed by atoms with van der Waals surface area (Å²) in [6, 6.07) is 7.12. The van der Waals surface area contributed by atoms with Crippen molar-refractivity contribution in [3.63, 3.8) is 0 Å². The average molecular weight is 388 g/mol. The van der Waals surface area contributed by atoms with Crippen LogP contribution in [0.25, 0.3) is 10.9 Å². The molecule has 1 atom stereocenters. The van der Waals surface area contributed by atoms with E-state index in [2.05, 4.69) is 29.5 Å². The van der Waals surface area contributed by atoms with Crippen LogP contribution >= 0.6 is 0 Å². The highest BCUT2D eigenvalue weighted by Crippen LogP contribution is 2.26. The third-order valence-electron chi connectivity index (χ3n) is 4.52. The van der Waals surface area contributed by atoms with Crippen LogP contribution in [0.5, 0.6) is 0 Å². The third-order valence-corrected chi connectivity index (χ3v) is 4.52. The van der Waals surface area contributed by atoms with Crippen LogP contribution in [0.3, 0.4) is 0 Å². The number of hydrogen-bond donors (Lipinski definition) is 5. The van der Waals surface area contributed by atoms with Crippen molar-refractivity contribution in [1.29, 1.82) is 0 Å². The number of para-hydroxylation sites is 1. The molecular weight excluding hydrogens is 360 g/mol. The molecular formula is C20H28N4O4. The number of nitrogens with one attached hydrogen (secondary N) is 4. The van der Waals surface area contributed by atoms with Crippen LogP contribution in [0.4, 0.5) is 0 Å². The van der Waals surface area contributed by atoms with Gasteiger partial charge >= 0.3 is 0 Å². The molecule has 5 N–H and O–H groups in total. The molecule has 8 heteroatoms. The van der Waals surface area contributed by atoms with E-state index in [4.69, 9.17) is 5.21 Å². The van der Waals surface area contributed by atoms with Crippen LogP contribution in [0.1, 0.15) is 37.9 Å². The number of carbonyl (C=O) groups is 3. The van der Waals surface area contributed by atoms with Gasteiger partial charge in [-0.1, -0.05) is 32.0 Å². The fourth-order valence-electron chi connectivity index (χ4n) is 3.21. The molecule has 0 spiro atoms. The average Bonchev–Trinajstić information content (AvgIpc) is 3.01. The summed E-state index contributed by atoms with van der Waals surface area (Å²) in [5.41, 5.74) is 4.54. The van der Waals surface area contributed by atoms with E-state index in [9.17, 15) is 14.4 Å². The highest BCUT2D eigenvalue weighted by molar-refractivity contribution is 5.91. The van der Waals surface area contributed by atoms with Gasteiger partial charge in [-0.3, -0.25) is 19.6 Å². The molecule has 8 nitrogen and oxygen atoms in total. The number of aromatic nitrogens is 1. The molecule has 0 fully saturated rings. The molecule has 3 amide bonds. The maximum absolute atomic E-state index is 12.4. The monoisotopic (exact) mass is 388 g/mol. The molecule has 2 rings (SSSR count). The number of amides is 3. The van der Waals surface area contributed by atoms with E-state index in [1.165, 1.54) is 12.5 Å². The number of rotatable bonds is 9. The maximum atomic E-state index is 12.4. The summed E-state index contributed by atoms with van der Waals surface area (Å²) in [5, 5.41) is 14.8. The number of carbonyl (C=O) groups excluding carboxylic acids is 3. The lowest BCUT2D eigenvalue weighted by molar-refractivity contribution is -0.132. The fourth-order valence-corrected chi connectivity index (χ4v) is 3.21. The Labute approximate surface area is 164 Å². The van der Waals surface area contributed by atoms with Gasteiger partial charge in [0, 0.05) is 42.9 Å². The van der Waals surface area contributed by atoms with Crippen molar-refractivity contribution in [3.05, 3.63) is 35.5 Å². The van der Waals surface area contributed by atoms with Crippen molar-refractivity contribution in [3.8, 4) is 0 Å². The lowest BCUT2D eigenvalue weighted by Gasteiger charge is -2.18. The van der Waals surface area contributed by atoms with Gasteiger partial charge in [0.1, 0.15) is 6.04 Å². The van der Waals surface area contributed by atoms with E-state index in [1.807, 2.05) is 24.3 Å². The van der Waals surface area contributed by atoms with E-state index in [0.29, 0.717) is 12.3 Å². The Morgan fingerprint density at radius 3 is 2.39 bits per heavy atom. The predicted molar refractivity (Wildman–Crippen MR) is 106 cm³/mol. The Kier molecular flexibility index (Phi) is 7.57. The standard InChI is InChI=1S/C20H28N4O4/c1-12(2)10-16-14(13-6-4-5-7-15(13)22-16)11-17(20(27)21-3)23-18(25)8-9-19(26)24-28/h4-7,12,17,22,28H,8-11H2,1-3H3,(H,21,27)(H,23,25)(H,24,26)/t17-/m0/s1. The number of aromatic amines is 1. The number of likely N-dealkylation sites (N-methyl/N-ethyl adjacent to an activating group) is 1. The summed E-state index contributed by atoms with van der Waals surface area (Å²) in [4.78, 5) is 39.1. The topological polar surface area (TPSA) is 123 Å². The van der Waals surface area contributed by atoms with Gasteiger partial charge in [-0.15, -0.1) is 0 Å². The highest BCUT2D eigenvalue weighted by atomic mass is 16.5. The molecule has 0 aliphatic rings.